The van der Waals surface area contributed by atoms with E-state index in [1.54, 1.807) is 0 Å². The van der Waals surface area contributed by atoms with Gasteiger partial charge in [0.2, 0.25) is 0 Å². The zero-order valence-electron chi connectivity index (χ0n) is 9.49. The van der Waals surface area contributed by atoms with E-state index in [0.29, 0.717) is 12.2 Å². The fourth-order valence-electron chi connectivity index (χ4n) is 1.91. The van der Waals surface area contributed by atoms with E-state index in [0.717, 1.165) is 0 Å². The van der Waals surface area contributed by atoms with Crippen molar-refractivity contribution in [3.63, 3.8) is 0 Å². The third-order valence-corrected chi connectivity index (χ3v) is 2.96. The Hall–Kier alpha value is -1.60. The van der Waals surface area contributed by atoms with E-state index >= 15 is 0 Å². The van der Waals surface area contributed by atoms with Gasteiger partial charge in [0.25, 0.3) is 0 Å². The van der Waals surface area contributed by atoms with Crippen molar-refractivity contribution in [1.29, 1.82) is 0 Å². The largest absolute Gasteiger partial charge is 0.239 e. The second kappa shape index (κ2) is 5.06. The van der Waals surface area contributed by atoms with Gasteiger partial charge in [-0.05, 0) is 11.6 Å². The van der Waals surface area contributed by atoms with E-state index < -0.39 is 59.1 Å². The molecule has 4 unspecified atom stereocenters. The predicted octanol–water partition coefficient (Wildman–Crippen LogP) is 4.52. The lowest BCUT2D eigenvalue weighted by Gasteiger charge is -2.27. The number of hydrogen-bond donors (Lipinski definition) is 0. The first-order chi connectivity index (χ1) is 9.27. The van der Waals surface area contributed by atoms with Gasteiger partial charge < -0.3 is 0 Å². The normalized spacial score (nSPS) is 35.2. The Bertz CT molecular complexity index is 556. The number of allylic oxidation sites excluding steroid dienone is 8. The second-order valence-corrected chi connectivity index (χ2v) is 4.17. The Kier molecular flexibility index (Phi) is 3.75. The Balaban J connectivity index is 2.57. The monoisotopic (exact) mass is 302 g/mol. The fourth-order valence-corrected chi connectivity index (χ4v) is 1.91. The zero-order chi connectivity index (χ0) is 15.2. The van der Waals surface area contributed by atoms with Crippen molar-refractivity contribution in [2.75, 3.05) is 0 Å². The van der Waals surface area contributed by atoms with Gasteiger partial charge in [-0.25, -0.2) is 35.1 Å². The van der Waals surface area contributed by atoms with Crippen LogP contribution in [0.4, 0.5) is 35.1 Å². The third-order valence-electron chi connectivity index (χ3n) is 2.96. The summed E-state index contributed by atoms with van der Waals surface area (Å²) < 4.78 is 105. The summed E-state index contributed by atoms with van der Waals surface area (Å²) in [6, 6.07) is 0. The van der Waals surface area contributed by atoms with Crippen molar-refractivity contribution in [1.82, 2.24) is 0 Å². The zero-order valence-corrected chi connectivity index (χ0v) is 9.49. The molecule has 0 fully saturated rings. The molecule has 0 aromatic heterocycles. The van der Waals surface area contributed by atoms with E-state index in [1.807, 2.05) is 0 Å². The van der Waals surface area contributed by atoms with Crippen molar-refractivity contribution in [2.45, 2.75) is 24.7 Å². The topological polar surface area (TPSA) is 0 Å². The van der Waals surface area contributed by atoms with Crippen LogP contribution < -0.4 is 0 Å². The van der Waals surface area contributed by atoms with Crippen molar-refractivity contribution in [2.24, 2.45) is 0 Å². The van der Waals surface area contributed by atoms with Gasteiger partial charge in [-0.3, -0.25) is 0 Å². The summed E-state index contributed by atoms with van der Waals surface area (Å²) in [6.07, 6.45) is -11.1. The van der Waals surface area contributed by atoms with E-state index in [-0.39, 0.29) is 0 Å². The number of hydrogen-bond acceptors (Lipinski definition) is 0. The molecule has 0 saturated carbocycles. The third kappa shape index (κ3) is 2.06. The maximum absolute atomic E-state index is 13.5. The van der Waals surface area contributed by atoms with Gasteiger partial charge in [0.05, 0.1) is 0 Å². The van der Waals surface area contributed by atoms with Crippen LogP contribution in [-0.4, -0.2) is 24.7 Å². The fraction of sp³-hybridized carbons (Fsp3) is 0.333. The molecular weight excluding hydrogens is 296 g/mol. The SMILES string of the molecule is FC1=CC=C(C2=C(F)C(F)=C(F)C(F)C2F)C(F)C1F. The maximum Gasteiger partial charge on any atom is 0.193 e. The standard InChI is InChI=1S/C12H6F8/c13-4-2-1-3(6(14)7(4)15)5-8(16)10(18)12(20)11(19)9(5)17/h1-2,6-8,10H. The van der Waals surface area contributed by atoms with Crippen LogP contribution in [-0.2, 0) is 0 Å². The molecule has 8 heteroatoms. The average molecular weight is 302 g/mol. The van der Waals surface area contributed by atoms with Crippen molar-refractivity contribution in [3.05, 3.63) is 46.6 Å². The van der Waals surface area contributed by atoms with Gasteiger partial charge in [-0.2, -0.15) is 0 Å². The molecule has 20 heavy (non-hydrogen) atoms. The van der Waals surface area contributed by atoms with Gasteiger partial charge >= 0.3 is 0 Å². The van der Waals surface area contributed by atoms with Crippen molar-refractivity contribution < 1.29 is 35.1 Å². The highest BCUT2D eigenvalue weighted by molar-refractivity contribution is 5.52. The minimum Gasteiger partial charge on any atom is -0.239 e. The quantitative estimate of drug-likeness (QED) is 0.625. The van der Waals surface area contributed by atoms with Crippen LogP contribution in [0.15, 0.2) is 46.6 Å². The number of alkyl halides is 4. The molecule has 2 aliphatic carbocycles. The lowest BCUT2D eigenvalue weighted by atomic mass is 9.86. The molecule has 2 aliphatic rings. The summed E-state index contributed by atoms with van der Waals surface area (Å²) in [5.74, 6) is -8.32. The summed E-state index contributed by atoms with van der Waals surface area (Å²) in [5, 5.41) is 0. The minimum absolute atomic E-state index is 0.378. The van der Waals surface area contributed by atoms with Crippen LogP contribution in [0.5, 0.6) is 0 Å². The van der Waals surface area contributed by atoms with E-state index in [4.69, 9.17) is 0 Å². The highest BCUT2D eigenvalue weighted by atomic mass is 19.2. The predicted molar refractivity (Wildman–Crippen MR) is 54.2 cm³/mol. The Labute approximate surface area is 107 Å². The molecule has 0 aromatic rings. The van der Waals surface area contributed by atoms with Crippen LogP contribution in [0.2, 0.25) is 0 Å². The van der Waals surface area contributed by atoms with Crippen LogP contribution >= 0.6 is 0 Å². The average Bonchev–Trinajstić information content (AvgIpc) is 2.43. The van der Waals surface area contributed by atoms with Gasteiger partial charge in [0, 0.05) is 5.57 Å². The van der Waals surface area contributed by atoms with Crippen LogP contribution in [0, 0.1) is 0 Å². The molecule has 0 bridgehead atoms. The van der Waals surface area contributed by atoms with Crippen LogP contribution in [0.1, 0.15) is 0 Å². The molecule has 0 aromatic carbocycles. The molecule has 0 radical (unpaired) electrons. The molecular formula is C12H6F8. The van der Waals surface area contributed by atoms with Gasteiger partial charge in [-0.1, -0.05) is 6.08 Å². The molecule has 2 rings (SSSR count). The number of rotatable bonds is 1. The molecule has 110 valence electrons. The van der Waals surface area contributed by atoms with E-state index in [9.17, 15) is 35.1 Å². The Morgan fingerprint density at radius 1 is 0.650 bits per heavy atom. The lowest BCUT2D eigenvalue weighted by Crippen LogP contribution is -2.32. The highest BCUT2D eigenvalue weighted by Crippen LogP contribution is 2.43. The highest BCUT2D eigenvalue weighted by Gasteiger charge is 2.45. The molecule has 0 aliphatic heterocycles. The Morgan fingerprint density at radius 2 is 1.25 bits per heavy atom. The molecule has 0 heterocycles. The minimum atomic E-state index is -3.17. The first kappa shape index (κ1) is 14.8. The van der Waals surface area contributed by atoms with Crippen molar-refractivity contribution in [3.8, 4) is 0 Å². The Morgan fingerprint density at radius 3 is 1.85 bits per heavy atom. The molecule has 4 atom stereocenters. The van der Waals surface area contributed by atoms with Crippen molar-refractivity contribution >= 4 is 0 Å². The molecule has 0 saturated heterocycles. The first-order valence-corrected chi connectivity index (χ1v) is 5.36. The van der Waals surface area contributed by atoms with Gasteiger partial charge in [0.15, 0.2) is 42.2 Å². The van der Waals surface area contributed by atoms with E-state index in [2.05, 4.69) is 0 Å². The summed E-state index contributed by atoms with van der Waals surface area (Å²) in [5.41, 5.74) is -2.59. The molecule has 0 amide bonds. The van der Waals surface area contributed by atoms with Crippen LogP contribution in [0.3, 0.4) is 0 Å². The second-order valence-electron chi connectivity index (χ2n) is 4.17. The number of halogens is 8. The molecule has 0 spiro atoms. The summed E-state index contributed by atoms with van der Waals surface area (Å²) in [4.78, 5) is 0. The van der Waals surface area contributed by atoms with Gasteiger partial charge in [-0.15, -0.1) is 0 Å². The van der Waals surface area contributed by atoms with Crippen LogP contribution in [0.25, 0.3) is 0 Å². The smallest absolute Gasteiger partial charge is 0.193 e. The summed E-state index contributed by atoms with van der Waals surface area (Å²) in [7, 11) is 0. The van der Waals surface area contributed by atoms with E-state index in [1.165, 1.54) is 0 Å². The molecule has 0 N–H and O–H groups in total. The summed E-state index contributed by atoms with van der Waals surface area (Å²) >= 11 is 0. The summed E-state index contributed by atoms with van der Waals surface area (Å²) in [6.45, 7) is 0. The van der Waals surface area contributed by atoms with Gasteiger partial charge in [0.1, 0.15) is 5.83 Å². The first-order valence-electron chi connectivity index (χ1n) is 5.36. The lowest BCUT2D eigenvalue weighted by molar-refractivity contribution is 0.168. The maximum atomic E-state index is 13.5. The molecule has 0 nitrogen and oxygen atoms in total.